The minimum atomic E-state index is -0.553. The van der Waals surface area contributed by atoms with Gasteiger partial charge in [0, 0.05) is 18.5 Å². The highest BCUT2D eigenvalue weighted by Gasteiger charge is 2.19. The molecule has 0 aliphatic carbocycles. The van der Waals surface area contributed by atoms with Gasteiger partial charge in [-0.2, -0.15) is 0 Å². The van der Waals surface area contributed by atoms with Crippen molar-refractivity contribution in [2.45, 2.75) is 45.8 Å². The first kappa shape index (κ1) is 18.0. The molecular formula is C18H22FNO4. The average Bonchev–Trinajstić information content (AvgIpc) is 2.86. The summed E-state index contributed by atoms with van der Waals surface area (Å²) < 4.78 is 23.7. The van der Waals surface area contributed by atoms with E-state index in [1.165, 1.54) is 0 Å². The molecule has 1 N–H and O–H groups in total. The molecule has 0 bridgehead atoms. The molecule has 1 aromatic carbocycles. The summed E-state index contributed by atoms with van der Waals surface area (Å²) in [4.78, 5) is 23.1. The summed E-state index contributed by atoms with van der Waals surface area (Å²) in [7, 11) is 0. The third-order valence-electron chi connectivity index (χ3n) is 3.41. The van der Waals surface area contributed by atoms with Crippen molar-refractivity contribution in [3.63, 3.8) is 0 Å². The topological polar surface area (TPSA) is 64.6 Å². The van der Waals surface area contributed by atoms with Crippen molar-refractivity contribution in [3.8, 4) is 5.75 Å². The number of benzene rings is 1. The number of rotatable bonds is 6. The van der Waals surface area contributed by atoms with E-state index in [0.29, 0.717) is 29.8 Å². The summed E-state index contributed by atoms with van der Waals surface area (Å²) in [5.41, 5.74) is 1.31. The predicted octanol–water partition coefficient (Wildman–Crippen LogP) is 3.28. The summed E-state index contributed by atoms with van der Waals surface area (Å²) in [5, 5.41) is 2.72. The molecule has 0 atom stereocenters. The van der Waals surface area contributed by atoms with Gasteiger partial charge in [0.15, 0.2) is 0 Å². The molecule has 0 aromatic heterocycles. The van der Waals surface area contributed by atoms with Gasteiger partial charge in [-0.3, -0.25) is 9.59 Å². The number of carbonyl (C=O) groups excluding carboxylic acids is 2. The first-order chi connectivity index (χ1) is 11.3. The van der Waals surface area contributed by atoms with E-state index >= 15 is 0 Å². The Hall–Kier alpha value is -2.37. The lowest BCUT2D eigenvalue weighted by molar-refractivity contribution is -0.154. The van der Waals surface area contributed by atoms with E-state index < -0.39 is 5.60 Å². The lowest BCUT2D eigenvalue weighted by atomic mass is 10.1. The lowest BCUT2D eigenvalue weighted by Gasteiger charge is -2.19. The number of fused-ring (bicyclic) bond motifs is 1. The fraction of sp³-hybridized carbons (Fsp3) is 0.444. The Bertz CT molecular complexity index is 661. The zero-order valence-electron chi connectivity index (χ0n) is 14.1. The van der Waals surface area contributed by atoms with E-state index in [4.69, 9.17) is 9.47 Å². The highest BCUT2D eigenvalue weighted by molar-refractivity contribution is 5.98. The Morgan fingerprint density at radius 3 is 2.75 bits per heavy atom. The Balaban J connectivity index is 1.84. The molecule has 1 aliphatic heterocycles. The number of ether oxygens (including phenoxy) is 2. The van der Waals surface area contributed by atoms with Crippen LogP contribution in [0.25, 0.3) is 0 Å². The second kappa shape index (κ2) is 7.47. The number of hydrogen-bond donors (Lipinski definition) is 1. The lowest BCUT2D eigenvalue weighted by Crippen LogP contribution is -2.23. The number of halogens is 1. The summed E-state index contributed by atoms with van der Waals surface area (Å²) in [6, 6.07) is 5.12. The maximum atomic E-state index is 13.0. The third kappa shape index (κ3) is 5.08. The predicted molar refractivity (Wildman–Crippen MR) is 87.4 cm³/mol. The molecule has 130 valence electrons. The van der Waals surface area contributed by atoms with Gasteiger partial charge in [0.05, 0.1) is 6.33 Å². The normalized spacial score (nSPS) is 14.2. The van der Waals surface area contributed by atoms with Crippen LogP contribution < -0.4 is 10.1 Å². The molecular weight excluding hydrogens is 313 g/mol. The first-order valence-electron chi connectivity index (χ1n) is 7.82. The van der Waals surface area contributed by atoms with E-state index in [9.17, 15) is 14.0 Å². The van der Waals surface area contributed by atoms with Crippen molar-refractivity contribution in [3.05, 3.63) is 41.2 Å². The van der Waals surface area contributed by atoms with Crippen molar-refractivity contribution in [2.24, 2.45) is 0 Å². The Labute approximate surface area is 140 Å². The molecule has 2 rings (SSSR count). The minimum absolute atomic E-state index is 0.0411. The Morgan fingerprint density at radius 1 is 1.33 bits per heavy atom. The molecule has 24 heavy (non-hydrogen) atoms. The van der Waals surface area contributed by atoms with Crippen LogP contribution in [0, 0.1) is 0 Å². The molecule has 1 aliphatic rings. The van der Waals surface area contributed by atoms with Crippen molar-refractivity contribution in [1.82, 2.24) is 5.32 Å². The van der Waals surface area contributed by atoms with E-state index in [1.807, 2.05) is 0 Å². The molecule has 0 spiro atoms. The molecule has 1 aromatic rings. The van der Waals surface area contributed by atoms with Gasteiger partial charge in [-0.15, -0.1) is 0 Å². The van der Waals surface area contributed by atoms with Crippen LogP contribution in [0.2, 0.25) is 0 Å². The van der Waals surface area contributed by atoms with E-state index in [-0.39, 0.29) is 31.3 Å². The van der Waals surface area contributed by atoms with Crippen LogP contribution in [0.4, 0.5) is 4.39 Å². The summed E-state index contributed by atoms with van der Waals surface area (Å²) >= 11 is 0. The van der Waals surface area contributed by atoms with E-state index in [2.05, 4.69) is 5.32 Å². The number of amides is 1. The number of nitrogens with one attached hydrogen (secondary N) is 1. The van der Waals surface area contributed by atoms with Crippen LogP contribution in [0.15, 0.2) is 30.1 Å². The van der Waals surface area contributed by atoms with Crippen LogP contribution in [0.3, 0.4) is 0 Å². The Morgan fingerprint density at radius 2 is 2.08 bits per heavy atom. The van der Waals surface area contributed by atoms with Crippen molar-refractivity contribution in [2.75, 3.05) is 6.61 Å². The van der Waals surface area contributed by atoms with E-state index in [1.54, 1.807) is 39.0 Å². The van der Waals surface area contributed by atoms with Gasteiger partial charge in [-0.1, -0.05) is 0 Å². The van der Waals surface area contributed by atoms with Crippen LogP contribution >= 0.6 is 0 Å². The maximum Gasteiger partial charge on any atom is 0.306 e. The van der Waals surface area contributed by atoms with E-state index in [0.717, 1.165) is 5.56 Å². The second-order valence-corrected chi connectivity index (χ2v) is 6.64. The van der Waals surface area contributed by atoms with Gasteiger partial charge in [0.2, 0.25) is 0 Å². The number of carbonyl (C=O) groups is 2. The SMILES string of the molecule is CC(C)(C)OC(=O)CCC(=CF)COc1ccc2c(c1)CNC2=O. The highest BCUT2D eigenvalue weighted by atomic mass is 19.1. The second-order valence-electron chi connectivity index (χ2n) is 6.64. The highest BCUT2D eigenvalue weighted by Crippen LogP contribution is 2.22. The van der Waals surface area contributed by atoms with Gasteiger partial charge in [0.1, 0.15) is 18.0 Å². The van der Waals surface area contributed by atoms with Gasteiger partial charge >= 0.3 is 5.97 Å². The minimum Gasteiger partial charge on any atom is -0.489 e. The van der Waals surface area contributed by atoms with Crippen molar-refractivity contribution < 1.29 is 23.5 Å². The van der Waals surface area contributed by atoms with Gasteiger partial charge < -0.3 is 14.8 Å². The fourth-order valence-electron chi connectivity index (χ4n) is 2.29. The maximum absolute atomic E-state index is 13.0. The van der Waals surface area contributed by atoms with Gasteiger partial charge in [-0.25, -0.2) is 4.39 Å². The fourth-order valence-corrected chi connectivity index (χ4v) is 2.29. The molecule has 0 radical (unpaired) electrons. The molecule has 0 saturated carbocycles. The largest absolute Gasteiger partial charge is 0.489 e. The zero-order valence-corrected chi connectivity index (χ0v) is 14.1. The molecule has 0 fully saturated rings. The smallest absolute Gasteiger partial charge is 0.306 e. The van der Waals surface area contributed by atoms with Crippen LogP contribution in [0.1, 0.15) is 49.5 Å². The summed E-state index contributed by atoms with van der Waals surface area (Å²) in [6.07, 6.45) is 0.790. The van der Waals surface area contributed by atoms with Crippen molar-refractivity contribution in [1.29, 1.82) is 0 Å². The molecule has 5 nitrogen and oxygen atoms in total. The monoisotopic (exact) mass is 335 g/mol. The van der Waals surface area contributed by atoms with Crippen LogP contribution in [-0.2, 0) is 16.1 Å². The zero-order chi connectivity index (χ0) is 17.7. The molecule has 1 amide bonds. The first-order valence-corrected chi connectivity index (χ1v) is 7.82. The quantitative estimate of drug-likeness (QED) is 0.810. The van der Waals surface area contributed by atoms with Crippen molar-refractivity contribution >= 4 is 11.9 Å². The summed E-state index contributed by atoms with van der Waals surface area (Å²) in [5.74, 6) is 0.0871. The standard InChI is InChI=1S/C18H22FNO4/c1-18(2,3)24-16(21)7-4-12(9-19)11-23-14-5-6-15-13(8-14)10-20-17(15)22/h5-6,8-9H,4,7,10-11H2,1-3H3,(H,20,22). The third-order valence-corrected chi connectivity index (χ3v) is 3.41. The van der Waals surface area contributed by atoms with Crippen LogP contribution in [0.5, 0.6) is 5.75 Å². The van der Waals surface area contributed by atoms with Gasteiger partial charge in [-0.05, 0) is 56.5 Å². The number of esters is 1. The molecule has 0 unspecified atom stereocenters. The molecule has 1 heterocycles. The molecule has 0 saturated heterocycles. The average molecular weight is 335 g/mol. The Kier molecular flexibility index (Phi) is 5.59. The van der Waals surface area contributed by atoms with Crippen LogP contribution in [-0.4, -0.2) is 24.1 Å². The number of hydrogen-bond acceptors (Lipinski definition) is 4. The van der Waals surface area contributed by atoms with Gasteiger partial charge in [0.25, 0.3) is 5.91 Å². The molecule has 6 heteroatoms. The summed E-state index contributed by atoms with van der Waals surface area (Å²) in [6.45, 7) is 5.86.